The molecule has 0 aliphatic carbocycles. The van der Waals surface area contributed by atoms with Gasteiger partial charge in [0.15, 0.2) is 0 Å². The molecule has 2 unspecified atom stereocenters. The van der Waals surface area contributed by atoms with Crippen LogP contribution >= 0.6 is 23.2 Å². The molecule has 0 bridgehead atoms. The highest BCUT2D eigenvalue weighted by atomic mass is 35.5. The third-order valence-electron chi connectivity index (χ3n) is 5.26. The molecule has 0 radical (unpaired) electrons. The number of amides is 1. The number of hydrogen-bond donors (Lipinski definition) is 2. The molecule has 2 aromatic rings. The molecule has 0 saturated carbocycles. The zero-order valence-corrected chi connectivity index (χ0v) is 16.4. The lowest BCUT2D eigenvalue weighted by molar-refractivity contribution is -0.133. The Morgan fingerprint density at radius 2 is 1.63 bits per heavy atom. The lowest BCUT2D eigenvalue weighted by atomic mass is 10.0. The molecule has 2 heterocycles. The van der Waals surface area contributed by atoms with Gasteiger partial charge in [-0.3, -0.25) is 4.79 Å². The maximum absolute atomic E-state index is 12.9. The van der Waals surface area contributed by atoms with Gasteiger partial charge in [0.2, 0.25) is 5.91 Å². The first-order valence-electron chi connectivity index (χ1n) is 9.16. The van der Waals surface area contributed by atoms with E-state index in [4.69, 9.17) is 23.2 Å². The van der Waals surface area contributed by atoms with Crippen LogP contribution in [0.15, 0.2) is 48.5 Å². The quantitative estimate of drug-likeness (QED) is 0.823. The SMILES string of the molecule is O=C(C1CC(c2ccc(Cl)cc2)NN1)N1CCN(c2ccccc2Cl)CC1. The lowest BCUT2D eigenvalue weighted by Gasteiger charge is -2.37. The molecule has 0 spiro atoms. The van der Waals surface area contributed by atoms with Gasteiger partial charge in [0, 0.05) is 37.2 Å². The summed E-state index contributed by atoms with van der Waals surface area (Å²) in [4.78, 5) is 17.1. The molecule has 142 valence electrons. The van der Waals surface area contributed by atoms with Gasteiger partial charge in [0.25, 0.3) is 0 Å². The highest BCUT2D eigenvalue weighted by molar-refractivity contribution is 6.33. The van der Waals surface area contributed by atoms with E-state index in [9.17, 15) is 4.79 Å². The van der Waals surface area contributed by atoms with E-state index in [0.29, 0.717) is 18.1 Å². The maximum Gasteiger partial charge on any atom is 0.241 e. The zero-order chi connectivity index (χ0) is 18.8. The summed E-state index contributed by atoms with van der Waals surface area (Å²) in [5.74, 6) is 0.151. The molecular weight excluding hydrogens is 383 g/mol. The van der Waals surface area contributed by atoms with Crippen LogP contribution in [0.25, 0.3) is 0 Å². The summed E-state index contributed by atoms with van der Waals surface area (Å²) in [5.41, 5.74) is 8.56. The van der Waals surface area contributed by atoms with Crippen molar-refractivity contribution >= 4 is 34.8 Å². The second-order valence-corrected chi connectivity index (χ2v) is 7.79. The predicted octanol–water partition coefficient (Wildman–Crippen LogP) is 3.25. The summed E-state index contributed by atoms with van der Waals surface area (Å²) < 4.78 is 0. The molecule has 2 atom stereocenters. The van der Waals surface area contributed by atoms with Crippen molar-refractivity contribution in [3.05, 3.63) is 64.1 Å². The molecule has 2 aromatic carbocycles. The van der Waals surface area contributed by atoms with Crippen molar-refractivity contribution in [1.82, 2.24) is 15.8 Å². The van der Waals surface area contributed by atoms with E-state index >= 15 is 0 Å². The minimum absolute atomic E-state index is 0.112. The topological polar surface area (TPSA) is 47.6 Å². The Hall–Kier alpha value is -1.79. The first-order valence-corrected chi connectivity index (χ1v) is 9.92. The summed E-state index contributed by atoms with van der Waals surface area (Å²) in [5, 5.41) is 1.47. The lowest BCUT2D eigenvalue weighted by Crippen LogP contribution is -2.53. The van der Waals surface area contributed by atoms with Crippen molar-refractivity contribution in [2.75, 3.05) is 31.1 Å². The third kappa shape index (κ3) is 4.06. The number of anilines is 1. The van der Waals surface area contributed by atoms with Crippen molar-refractivity contribution in [3.8, 4) is 0 Å². The van der Waals surface area contributed by atoms with Crippen LogP contribution in [0.4, 0.5) is 5.69 Å². The Morgan fingerprint density at radius 3 is 2.33 bits per heavy atom. The standard InChI is InChI=1S/C20H22Cl2N4O/c21-15-7-5-14(6-8-15)17-13-18(24-23-17)20(27)26-11-9-25(10-12-26)19-4-2-1-3-16(19)22/h1-8,17-18,23-24H,9-13H2. The van der Waals surface area contributed by atoms with Crippen LogP contribution in [0.2, 0.25) is 10.0 Å². The van der Waals surface area contributed by atoms with E-state index in [0.717, 1.165) is 35.8 Å². The number of halogens is 2. The van der Waals surface area contributed by atoms with Gasteiger partial charge in [-0.25, -0.2) is 10.9 Å². The number of carbonyl (C=O) groups is 1. The first kappa shape index (κ1) is 18.6. The molecule has 1 amide bonds. The number of nitrogens with one attached hydrogen (secondary N) is 2. The average molecular weight is 405 g/mol. The Balaban J connectivity index is 1.33. The number of para-hydroxylation sites is 1. The summed E-state index contributed by atoms with van der Waals surface area (Å²) >= 11 is 12.3. The molecule has 2 aliphatic heterocycles. The second kappa shape index (κ2) is 8.07. The van der Waals surface area contributed by atoms with Crippen LogP contribution in [-0.2, 0) is 4.79 Å². The van der Waals surface area contributed by atoms with Gasteiger partial charge in [-0.05, 0) is 36.2 Å². The van der Waals surface area contributed by atoms with Crippen LogP contribution in [-0.4, -0.2) is 43.0 Å². The molecule has 0 aromatic heterocycles. The molecule has 2 aliphatic rings. The third-order valence-corrected chi connectivity index (χ3v) is 5.83. The Labute approximate surface area is 169 Å². The Bertz CT molecular complexity index is 806. The highest BCUT2D eigenvalue weighted by Crippen LogP contribution is 2.27. The van der Waals surface area contributed by atoms with Crippen LogP contribution in [0.3, 0.4) is 0 Å². The van der Waals surface area contributed by atoms with E-state index < -0.39 is 0 Å². The molecule has 4 rings (SSSR count). The monoisotopic (exact) mass is 404 g/mol. The summed E-state index contributed by atoms with van der Waals surface area (Å²) in [6.07, 6.45) is 0.727. The number of hydrazine groups is 1. The zero-order valence-electron chi connectivity index (χ0n) is 14.9. The minimum Gasteiger partial charge on any atom is -0.367 e. The van der Waals surface area contributed by atoms with Gasteiger partial charge >= 0.3 is 0 Å². The van der Waals surface area contributed by atoms with E-state index in [2.05, 4.69) is 15.8 Å². The number of benzene rings is 2. The molecule has 2 saturated heterocycles. The number of hydrogen-bond acceptors (Lipinski definition) is 4. The van der Waals surface area contributed by atoms with Gasteiger partial charge in [0.05, 0.1) is 10.7 Å². The fraction of sp³-hybridized carbons (Fsp3) is 0.350. The number of nitrogens with zero attached hydrogens (tertiary/aromatic N) is 2. The van der Waals surface area contributed by atoms with E-state index in [-0.39, 0.29) is 18.0 Å². The van der Waals surface area contributed by atoms with E-state index in [1.807, 2.05) is 53.4 Å². The normalized spacial score (nSPS) is 22.9. The van der Waals surface area contributed by atoms with Gasteiger partial charge in [0.1, 0.15) is 6.04 Å². The number of piperazine rings is 1. The second-order valence-electron chi connectivity index (χ2n) is 6.94. The molecule has 2 N–H and O–H groups in total. The number of carbonyl (C=O) groups excluding carboxylic acids is 1. The minimum atomic E-state index is -0.211. The summed E-state index contributed by atoms with van der Waals surface area (Å²) in [6.45, 7) is 2.98. The predicted molar refractivity (Wildman–Crippen MR) is 109 cm³/mol. The van der Waals surface area contributed by atoms with Crippen LogP contribution in [0, 0.1) is 0 Å². The first-order chi connectivity index (χ1) is 13.1. The summed E-state index contributed by atoms with van der Waals surface area (Å²) in [6, 6.07) is 15.5. The molecule has 2 fully saturated rings. The van der Waals surface area contributed by atoms with Gasteiger partial charge in [-0.15, -0.1) is 0 Å². The molecule has 27 heavy (non-hydrogen) atoms. The van der Waals surface area contributed by atoms with Crippen molar-refractivity contribution in [1.29, 1.82) is 0 Å². The van der Waals surface area contributed by atoms with Gasteiger partial charge in [-0.1, -0.05) is 47.5 Å². The smallest absolute Gasteiger partial charge is 0.241 e. The number of rotatable bonds is 3. The van der Waals surface area contributed by atoms with Crippen LogP contribution in [0.5, 0.6) is 0 Å². The Kier molecular flexibility index (Phi) is 5.55. The van der Waals surface area contributed by atoms with E-state index in [1.165, 1.54) is 0 Å². The maximum atomic E-state index is 12.9. The van der Waals surface area contributed by atoms with Gasteiger partial charge < -0.3 is 9.80 Å². The van der Waals surface area contributed by atoms with Crippen LogP contribution in [0.1, 0.15) is 18.0 Å². The van der Waals surface area contributed by atoms with E-state index in [1.54, 1.807) is 0 Å². The van der Waals surface area contributed by atoms with Crippen molar-refractivity contribution in [3.63, 3.8) is 0 Å². The van der Waals surface area contributed by atoms with Crippen LogP contribution < -0.4 is 15.8 Å². The average Bonchev–Trinajstić information content (AvgIpc) is 3.19. The highest BCUT2D eigenvalue weighted by Gasteiger charge is 2.34. The summed E-state index contributed by atoms with van der Waals surface area (Å²) in [7, 11) is 0. The fourth-order valence-electron chi connectivity index (χ4n) is 3.73. The van der Waals surface area contributed by atoms with Crippen molar-refractivity contribution in [2.24, 2.45) is 0 Å². The fourth-order valence-corrected chi connectivity index (χ4v) is 4.11. The van der Waals surface area contributed by atoms with Crippen molar-refractivity contribution < 1.29 is 4.79 Å². The van der Waals surface area contributed by atoms with Gasteiger partial charge in [-0.2, -0.15) is 0 Å². The molecule has 5 nitrogen and oxygen atoms in total. The Morgan fingerprint density at radius 1 is 0.926 bits per heavy atom. The largest absolute Gasteiger partial charge is 0.367 e. The molecule has 7 heteroatoms. The molecular formula is C20H22Cl2N4O. The van der Waals surface area contributed by atoms with Crippen molar-refractivity contribution in [2.45, 2.75) is 18.5 Å².